The van der Waals surface area contributed by atoms with E-state index in [-0.39, 0.29) is 11.6 Å². The molecule has 3 amide bonds. The lowest BCUT2D eigenvalue weighted by atomic mass is 10.1. The molecule has 4 aromatic carbocycles. The van der Waals surface area contributed by atoms with E-state index in [1.807, 2.05) is 6.07 Å². The molecule has 4 rings (SSSR count). The van der Waals surface area contributed by atoms with E-state index < -0.39 is 17.1 Å². The number of rotatable bonds is 11. The maximum absolute atomic E-state index is 13.4. The van der Waals surface area contributed by atoms with Gasteiger partial charge in [0.15, 0.2) is 0 Å². The van der Waals surface area contributed by atoms with Crippen molar-refractivity contribution >= 4 is 58.5 Å². The lowest BCUT2D eigenvalue weighted by Gasteiger charge is -2.15. The Kier molecular flexibility index (Phi) is 10.9. The Bertz CT molecular complexity index is 1620. The number of carbonyl (C=O) groups is 3. The summed E-state index contributed by atoms with van der Waals surface area (Å²) in [5.74, 6) is -0.0816. The average Bonchev–Trinajstić information content (AvgIpc) is 3.02. The molecule has 0 aromatic heterocycles. The zero-order valence-electron chi connectivity index (χ0n) is 23.7. The topological polar surface area (TPSA) is 106 Å². The minimum atomic E-state index is -0.538. The molecule has 3 N–H and O–H groups in total. The van der Waals surface area contributed by atoms with Gasteiger partial charge in [0, 0.05) is 45.1 Å². The number of methoxy groups -OCH3 is 2. The number of carbonyl (C=O) groups excluding carboxylic acids is 3. The molecule has 43 heavy (non-hydrogen) atoms. The summed E-state index contributed by atoms with van der Waals surface area (Å²) < 4.78 is 10.5. The van der Waals surface area contributed by atoms with E-state index in [4.69, 9.17) is 21.1 Å². The summed E-state index contributed by atoms with van der Waals surface area (Å²) in [6, 6.07) is 27.8. The molecule has 0 fully saturated rings. The van der Waals surface area contributed by atoms with E-state index in [2.05, 4.69) is 16.0 Å². The molecule has 0 bridgehead atoms. The fourth-order valence-electron chi connectivity index (χ4n) is 3.92. The SMILES string of the molecule is COc1cc(NC(=O)C(C)Sc2cccc(NC(=O)/C(=C\c3ccccc3Cl)NC(=O)c3ccccc3)c2)cc(OC)c1. The van der Waals surface area contributed by atoms with Crippen molar-refractivity contribution in [3.8, 4) is 11.5 Å². The zero-order valence-corrected chi connectivity index (χ0v) is 25.3. The molecule has 0 aliphatic heterocycles. The van der Waals surface area contributed by atoms with Crippen LogP contribution >= 0.6 is 23.4 Å². The van der Waals surface area contributed by atoms with Crippen LogP contribution in [0.2, 0.25) is 5.02 Å². The predicted molar refractivity (Wildman–Crippen MR) is 172 cm³/mol. The summed E-state index contributed by atoms with van der Waals surface area (Å²) >= 11 is 7.65. The predicted octanol–water partition coefficient (Wildman–Crippen LogP) is 6.89. The van der Waals surface area contributed by atoms with Crippen LogP contribution in [0.4, 0.5) is 11.4 Å². The van der Waals surface area contributed by atoms with Crippen LogP contribution in [0.1, 0.15) is 22.8 Å². The minimum Gasteiger partial charge on any atom is -0.497 e. The maximum Gasteiger partial charge on any atom is 0.272 e. The molecule has 4 aromatic rings. The van der Waals surface area contributed by atoms with Gasteiger partial charge in [-0.15, -0.1) is 11.8 Å². The molecule has 0 heterocycles. The Hall–Kier alpha value is -4.73. The van der Waals surface area contributed by atoms with Gasteiger partial charge in [0.1, 0.15) is 17.2 Å². The fourth-order valence-corrected chi connectivity index (χ4v) is 5.03. The second-order valence-electron chi connectivity index (χ2n) is 9.23. The van der Waals surface area contributed by atoms with Crippen molar-refractivity contribution < 1.29 is 23.9 Å². The van der Waals surface area contributed by atoms with Crippen LogP contribution in [0.5, 0.6) is 11.5 Å². The fraction of sp³-hybridized carbons (Fsp3) is 0.121. The maximum atomic E-state index is 13.4. The van der Waals surface area contributed by atoms with Gasteiger partial charge in [-0.25, -0.2) is 0 Å². The van der Waals surface area contributed by atoms with E-state index in [9.17, 15) is 14.4 Å². The second-order valence-corrected chi connectivity index (χ2v) is 11.1. The summed E-state index contributed by atoms with van der Waals surface area (Å²) in [6.45, 7) is 1.78. The summed E-state index contributed by atoms with van der Waals surface area (Å²) in [5, 5.41) is 8.39. The smallest absolute Gasteiger partial charge is 0.272 e. The number of ether oxygens (including phenoxy) is 2. The number of anilines is 2. The molecule has 0 spiro atoms. The van der Waals surface area contributed by atoms with Crippen LogP contribution in [0.25, 0.3) is 6.08 Å². The molecule has 10 heteroatoms. The molecule has 1 unspecified atom stereocenters. The average molecular weight is 616 g/mol. The number of nitrogens with one attached hydrogen (secondary N) is 3. The highest BCUT2D eigenvalue weighted by Gasteiger charge is 2.18. The quantitative estimate of drug-likeness (QED) is 0.125. The van der Waals surface area contributed by atoms with Gasteiger partial charge in [0.2, 0.25) is 5.91 Å². The van der Waals surface area contributed by atoms with Gasteiger partial charge < -0.3 is 25.4 Å². The first-order chi connectivity index (χ1) is 20.7. The Morgan fingerprint density at radius 1 is 0.791 bits per heavy atom. The van der Waals surface area contributed by atoms with E-state index in [0.717, 1.165) is 4.90 Å². The molecule has 1 atom stereocenters. The van der Waals surface area contributed by atoms with Gasteiger partial charge >= 0.3 is 0 Å². The summed E-state index contributed by atoms with van der Waals surface area (Å²) in [6.07, 6.45) is 1.52. The molecule has 8 nitrogen and oxygen atoms in total. The second kappa shape index (κ2) is 14.9. The van der Waals surface area contributed by atoms with Crippen LogP contribution < -0.4 is 25.4 Å². The Balaban J connectivity index is 1.48. The first-order valence-electron chi connectivity index (χ1n) is 13.2. The highest BCUT2D eigenvalue weighted by molar-refractivity contribution is 8.00. The van der Waals surface area contributed by atoms with Gasteiger partial charge in [-0.05, 0) is 55.0 Å². The lowest BCUT2D eigenvalue weighted by Crippen LogP contribution is -2.30. The van der Waals surface area contributed by atoms with Crippen molar-refractivity contribution in [1.29, 1.82) is 0 Å². The van der Waals surface area contributed by atoms with Crippen molar-refractivity contribution in [2.24, 2.45) is 0 Å². The normalized spacial score (nSPS) is 11.7. The molecular weight excluding hydrogens is 586 g/mol. The molecule has 0 aliphatic rings. The van der Waals surface area contributed by atoms with E-state index in [1.165, 1.54) is 32.1 Å². The monoisotopic (exact) mass is 615 g/mol. The van der Waals surface area contributed by atoms with Crippen molar-refractivity contribution in [3.05, 3.63) is 119 Å². The summed E-state index contributed by atoms with van der Waals surface area (Å²) in [7, 11) is 3.08. The third-order valence-corrected chi connectivity index (χ3v) is 7.56. The lowest BCUT2D eigenvalue weighted by molar-refractivity contribution is -0.115. The highest BCUT2D eigenvalue weighted by Crippen LogP contribution is 2.29. The van der Waals surface area contributed by atoms with Crippen LogP contribution in [-0.4, -0.2) is 37.2 Å². The van der Waals surface area contributed by atoms with Crippen LogP contribution in [0, 0.1) is 0 Å². The number of benzene rings is 4. The summed E-state index contributed by atoms with van der Waals surface area (Å²) in [5.41, 5.74) is 2.02. The largest absolute Gasteiger partial charge is 0.497 e. The van der Waals surface area contributed by atoms with Crippen LogP contribution in [0.3, 0.4) is 0 Å². The van der Waals surface area contributed by atoms with E-state index in [0.29, 0.717) is 39.0 Å². The Labute approximate surface area is 259 Å². The van der Waals surface area contributed by atoms with E-state index in [1.54, 1.807) is 97.9 Å². The number of hydrogen-bond acceptors (Lipinski definition) is 6. The van der Waals surface area contributed by atoms with Gasteiger partial charge in [0.05, 0.1) is 19.5 Å². The number of hydrogen-bond donors (Lipinski definition) is 3. The zero-order chi connectivity index (χ0) is 30.8. The Morgan fingerprint density at radius 3 is 2.14 bits per heavy atom. The first-order valence-corrected chi connectivity index (χ1v) is 14.5. The molecule has 0 radical (unpaired) electrons. The Morgan fingerprint density at radius 2 is 1.47 bits per heavy atom. The van der Waals surface area contributed by atoms with Crippen molar-refractivity contribution in [3.63, 3.8) is 0 Å². The van der Waals surface area contributed by atoms with Gasteiger partial charge in [-0.1, -0.05) is 54.1 Å². The van der Waals surface area contributed by atoms with Crippen molar-refractivity contribution in [2.45, 2.75) is 17.1 Å². The molecule has 0 saturated heterocycles. The molecular formula is C33H30ClN3O5S. The van der Waals surface area contributed by atoms with E-state index >= 15 is 0 Å². The third-order valence-electron chi connectivity index (χ3n) is 6.13. The van der Waals surface area contributed by atoms with Crippen LogP contribution in [0.15, 0.2) is 108 Å². The van der Waals surface area contributed by atoms with Crippen molar-refractivity contribution in [1.82, 2.24) is 5.32 Å². The first kappa shape index (κ1) is 31.2. The number of amides is 3. The number of thioether (sulfide) groups is 1. The minimum absolute atomic E-state index is 0.0153. The summed E-state index contributed by atoms with van der Waals surface area (Å²) in [4.78, 5) is 40.0. The van der Waals surface area contributed by atoms with Gasteiger partial charge in [0.25, 0.3) is 11.8 Å². The highest BCUT2D eigenvalue weighted by atomic mass is 35.5. The number of halogens is 1. The van der Waals surface area contributed by atoms with Crippen LogP contribution in [-0.2, 0) is 9.59 Å². The van der Waals surface area contributed by atoms with Gasteiger partial charge in [-0.3, -0.25) is 14.4 Å². The standard InChI is InChI=1S/C33H30ClN3O5S/c1-21(31(38)36-25-17-26(41-2)20-27(18-25)42-3)43-28-14-9-13-24(19-28)35-33(40)30(16-23-12-7-8-15-29(23)34)37-32(39)22-10-5-4-6-11-22/h4-21H,1-3H3,(H,35,40)(H,36,38)(H,37,39)/b30-16+. The van der Waals surface area contributed by atoms with Crippen molar-refractivity contribution in [2.75, 3.05) is 24.9 Å². The molecule has 220 valence electrons. The van der Waals surface area contributed by atoms with Gasteiger partial charge in [-0.2, -0.15) is 0 Å². The molecule has 0 saturated carbocycles. The third kappa shape index (κ3) is 8.88. The molecule has 0 aliphatic carbocycles.